The fraction of sp³-hybridized carbons (Fsp3) is 0.227. The number of pyridine rings is 3. The molecule has 0 amide bonds. The van der Waals surface area contributed by atoms with Gasteiger partial charge in [0.15, 0.2) is 0 Å². The van der Waals surface area contributed by atoms with Crippen LogP contribution >= 0.6 is 0 Å². The summed E-state index contributed by atoms with van der Waals surface area (Å²) in [6.45, 7) is 17.5. The molecule has 0 spiro atoms. The van der Waals surface area contributed by atoms with Crippen LogP contribution in [0.2, 0.25) is 0 Å². The van der Waals surface area contributed by atoms with Crippen LogP contribution in [-0.4, -0.2) is 19.5 Å². The van der Waals surface area contributed by atoms with Crippen LogP contribution in [0, 0.1) is 18.8 Å². The minimum absolute atomic E-state index is 0. The first kappa shape index (κ1) is 35.4. The van der Waals surface area contributed by atoms with Crippen LogP contribution in [0.4, 0.5) is 23.0 Å². The van der Waals surface area contributed by atoms with Gasteiger partial charge in [-0.1, -0.05) is 83.9 Å². The molecule has 0 atom stereocenters. The molecule has 0 fully saturated rings. The van der Waals surface area contributed by atoms with Crippen LogP contribution in [0.25, 0.3) is 27.6 Å². The molecular formula is C44H41N6OPt-3. The van der Waals surface area contributed by atoms with E-state index in [9.17, 15) is 0 Å². The van der Waals surface area contributed by atoms with Gasteiger partial charge in [0.05, 0.1) is 5.69 Å². The second kappa shape index (κ2) is 13.9. The Kier molecular flexibility index (Phi) is 9.43. The molecule has 0 aliphatic carbocycles. The van der Waals surface area contributed by atoms with E-state index in [-0.39, 0.29) is 26.5 Å². The molecule has 8 heteroatoms. The van der Waals surface area contributed by atoms with Crippen LogP contribution in [-0.2, 0) is 26.5 Å². The smallest absolute Gasteiger partial charge is 0.135 e. The molecule has 0 unspecified atom stereocenters. The molecule has 266 valence electrons. The van der Waals surface area contributed by atoms with Gasteiger partial charge in [0.2, 0.25) is 0 Å². The van der Waals surface area contributed by atoms with Crippen molar-refractivity contribution < 1.29 is 25.8 Å². The van der Waals surface area contributed by atoms with Gasteiger partial charge < -0.3 is 19.1 Å². The quantitative estimate of drug-likeness (QED) is 0.149. The SMILES string of the molecule is CC(C)c1cnc(N2[CH-]N(c3[c-]c(Oc4[c-]c5c(cc4)c4ccccc4n5-c4cc(C(C)(C)C)ccn4)ccc3)c3ncccc32)c(C(C)C)c1.[Pt]. The molecule has 0 radical (unpaired) electrons. The third-order valence-corrected chi connectivity index (χ3v) is 9.55. The average molecular weight is 865 g/mol. The summed E-state index contributed by atoms with van der Waals surface area (Å²) >= 11 is 0. The maximum atomic E-state index is 6.51. The first-order chi connectivity index (χ1) is 24.6. The number of nitrogens with zero attached hydrogens (tertiary/aromatic N) is 6. The van der Waals surface area contributed by atoms with Gasteiger partial charge in [0, 0.05) is 56.7 Å². The Bertz CT molecular complexity index is 2410. The van der Waals surface area contributed by atoms with Crippen LogP contribution in [0.1, 0.15) is 77.0 Å². The molecule has 0 saturated carbocycles. The molecular weight excluding hydrogens is 824 g/mol. The number of rotatable bonds is 7. The predicted octanol–water partition coefficient (Wildman–Crippen LogP) is 11.3. The minimum Gasteiger partial charge on any atom is -0.509 e. The third-order valence-electron chi connectivity index (χ3n) is 9.55. The summed E-state index contributed by atoms with van der Waals surface area (Å²) in [4.78, 5) is 18.8. The summed E-state index contributed by atoms with van der Waals surface area (Å²) < 4.78 is 8.68. The number of hydrogen-bond acceptors (Lipinski definition) is 6. The van der Waals surface area contributed by atoms with E-state index >= 15 is 0 Å². The number of ether oxygens (including phenoxy) is 1. The van der Waals surface area contributed by atoms with Crippen molar-refractivity contribution in [3.63, 3.8) is 0 Å². The molecule has 3 aromatic carbocycles. The van der Waals surface area contributed by atoms with Crippen molar-refractivity contribution in [2.75, 3.05) is 9.80 Å². The van der Waals surface area contributed by atoms with Crippen molar-refractivity contribution in [3.8, 4) is 17.3 Å². The fourth-order valence-corrected chi connectivity index (χ4v) is 6.71. The molecule has 7 nitrogen and oxygen atoms in total. The van der Waals surface area contributed by atoms with Crippen molar-refractivity contribution >= 4 is 44.8 Å². The van der Waals surface area contributed by atoms with Gasteiger partial charge >= 0.3 is 0 Å². The zero-order valence-electron chi connectivity index (χ0n) is 30.5. The van der Waals surface area contributed by atoms with Crippen molar-refractivity contribution in [2.24, 2.45) is 0 Å². The van der Waals surface area contributed by atoms with Gasteiger partial charge in [-0.25, -0.2) is 15.0 Å². The molecule has 0 bridgehead atoms. The standard InChI is InChI=1S/C44H41N6O.Pt/c1-28(2)30-22-37(29(3)4)42(47-26-30)49-27-48(43-39(49)16-11-20-46-43)32-12-10-13-33(24-32)51-34-17-18-36-35-14-8-9-15-38(35)50(40(36)25-34)41-23-31(19-21-45-41)44(5,6)7;/h8-23,26-29H,1-7H3;/q-3;. The van der Waals surface area contributed by atoms with Crippen molar-refractivity contribution in [2.45, 2.75) is 65.7 Å². The van der Waals surface area contributed by atoms with E-state index in [1.165, 1.54) is 16.7 Å². The molecule has 1 aliphatic heterocycles. The number of para-hydroxylation sites is 1. The zero-order valence-corrected chi connectivity index (χ0v) is 32.7. The average Bonchev–Trinajstić information content (AvgIpc) is 3.67. The van der Waals surface area contributed by atoms with E-state index in [4.69, 9.17) is 19.7 Å². The maximum absolute atomic E-state index is 6.51. The Balaban J connectivity index is 0.00000420. The largest absolute Gasteiger partial charge is 0.509 e. The Labute approximate surface area is 320 Å². The second-order valence-corrected chi connectivity index (χ2v) is 14.8. The van der Waals surface area contributed by atoms with Crippen molar-refractivity contribution in [3.05, 3.63) is 139 Å². The Morgan fingerprint density at radius 3 is 2.31 bits per heavy atom. The molecule has 52 heavy (non-hydrogen) atoms. The van der Waals surface area contributed by atoms with E-state index in [1.807, 2.05) is 60.5 Å². The van der Waals surface area contributed by atoms with Crippen LogP contribution in [0.15, 0.2) is 104 Å². The van der Waals surface area contributed by atoms with Crippen molar-refractivity contribution in [1.82, 2.24) is 19.5 Å². The third kappa shape index (κ3) is 6.36. The summed E-state index contributed by atoms with van der Waals surface area (Å²) in [7, 11) is 0. The molecule has 0 N–H and O–H groups in total. The van der Waals surface area contributed by atoms with E-state index in [2.05, 4.69) is 125 Å². The predicted molar refractivity (Wildman–Crippen MR) is 207 cm³/mol. The topological polar surface area (TPSA) is 59.3 Å². The molecule has 1 aliphatic rings. The van der Waals surface area contributed by atoms with Gasteiger partial charge in [-0.05, 0) is 69.7 Å². The van der Waals surface area contributed by atoms with E-state index in [0.717, 1.165) is 50.6 Å². The summed E-state index contributed by atoms with van der Waals surface area (Å²) in [5.74, 6) is 4.41. The molecule has 4 aromatic heterocycles. The monoisotopic (exact) mass is 864 g/mol. The summed E-state index contributed by atoms with van der Waals surface area (Å²) in [5, 5.41) is 2.23. The van der Waals surface area contributed by atoms with Gasteiger partial charge in [-0.15, -0.1) is 42.4 Å². The summed E-state index contributed by atoms with van der Waals surface area (Å²) in [6, 6.07) is 36.1. The molecule has 5 heterocycles. The normalized spacial score (nSPS) is 12.9. The molecule has 7 aromatic rings. The zero-order chi connectivity index (χ0) is 35.4. The summed E-state index contributed by atoms with van der Waals surface area (Å²) in [6.07, 6.45) is 5.70. The minimum atomic E-state index is -0.0132. The van der Waals surface area contributed by atoms with Crippen LogP contribution < -0.4 is 14.5 Å². The van der Waals surface area contributed by atoms with E-state index in [1.54, 1.807) is 0 Å². The Morgan fingerprint density at radius 1 is 0.712 bits per heavy atom. The number of benzene rings is 3. The van der Waals surface area contributed by atoms with E-state index in [0.29, 0.717) is 23.3 Å². The molecule has 0 saturated heterocycles. The van der Waals surface area contributed by atoms with Crippen LogP contribution in [0.3, 0.4) is 0 Å². The number of fused-ring (bicyclic) bond motifs is 4. The van der Waals surface area contributed by atoms with E-state index < -0.39 is 0 Å². The van der Waals surface area contributed by atoms with Gasteiger partial charge in [-0.2, -0.15) is 12.1 Å². The number of hydrogen-bond donors (Lipinski definition) is 0. The van der Waals surface area contributed by atoms with Gasteiger partial charge in [0.25, 0.3) is 0 Å². The fourth-order valence-electron chi connectivity index (χ4n) is 6.71. The van der Waals surface area contributed by atoms with Crippen LogP contribution in [0.5, 0.6) is 11.5 Å². The molecule has 8 rings (SSSR count). The van der Waals surface area contributed by atoms with Gasteiger partial charge in [-0.3, -0.25) is 0 Å². The Hall–Kier alpha value is -5.00. The van der Waals surface area contributed by atoms with Gasteiger partial charge in [0.1, 0.15) is 17.5 Å². The first-order valence-electron chi connectivity index (χ1n) is 17.6. The maximum Gasteiger partial charge on any atom is 0.135 e. The second-order valence-electron chi connectivity index (χ2n) is 14.8. The number of anilines is 4. The first-order valence-corrected chi connectivity index (χ1v) is 17.6. The van der Waals surface area contributed by atoms with Crippen molar-refractivity contribution in [1.29, 1.82) is 0 Å². The Morgan fingerprint density at radius 2 is 1.52 bits per heavy atom. The summed E-state index contributed by atoms with van der Waals surface area (Å²) in [5.41, 5.74) is 7.37. The number of aromatic nitrogens is 4.